The molecule has 3 N–H and O–H groups in total. The van der Waals surface area contributed by atoms with Crippen molar-refractivity contribution >= 4 is 23.1 Å². The Balaban J connectivity index is 1.80. The molecule has 1 fully saturated rings. The highest BCUT2D eigenvalue weighted by Gasteiger charge is 2.24. The molecule has 2 rings (SSSR count). The third-order valence-corrected chi connectivity index (χ3v) is 5.20. The number of hydrogen-bond acceptors (Lipinski definition) is 4. The maximum absolute atomic E-state index is 5.63. The zero-order valence-electron chi connectivity index (χ0n) is 8.82. The minimum atomic E-state index is 0.484. The fourth-order valence-corrected chi connectivity index (χ4v) is 4.17. The Morgan fingerprint density at radius 3 is 3.13 bits per heavy atom. The largest absolute Gasteiger partial charge is 0.271 e. The van der Waals surface area contributed by atoms with Crippen molar-refractivity contribution in [1.82, 2.24) is 5.43 Å². The van der Waals surface area contributed by atoms with Gasteiger partial charge in [-0.25, -0.2) is 0 Å². The molecule has 4 heteroatoms. The van der Waals surface area contributed by atoms with Gasteiger partial charge in [0, 0.05) is 11.3 Å². The molecule has 2 nitrogen and oxygen atoms in total. The Kier molecular flexibility index (Phi) is 4.50. The molecule has 0 spiro atoms. The molecule has 2 atom stereocenters. The van der Waals surface area contributed by atoms with E-state index in [4.69, 9.17) is 5.84 Å². The van der Waals surface area contributed by atoms with Crippen LogP contribution in [0.2, 0.25) is 0 Å². The second kappa shape index (κ2) is 5.89. The van der Waals surface area contributed by atoms with Gasteiger partial charge < -0.3 is 0 Å². The summed E-state index contributed by atoms with van der Waals surface area (Å²) in [6.07, 6.45) is 4.98. The number of thioether (sulfide) groups is 1. The summed E-state index contributed by atoms with van der Waals surface area (Å²) in [6.45, 7) is 0. The van der Waals surface area contributed by atoms with Crippen molar-refractivity contribution in [3.63, 3.8) is 0 Å². The first kappa shape index (κ1) is 11.5. The molecule has 0 radical (unpaired) electrons. The van der Waals surface area contributed by atoms with E-state index >= 15 is 0 Å². The number of thiophene rings is 1. The summed E-state index contributed by atoms with van der Waals surface area (Å²) in [6, 6.07) is 2.69. The number of aryl methyl sites for hydroxylation is 1. The first-order chi connectivity index (χ1) is 7.40. The monoisotopic (exact) mass is 242 g/mol. The van der Waals surface area contributed by atoms with Crippen LogP contribution in [0.25, 0.3) is 0 Å². The molecule has 0 amide bonds. The molecule has 1 aliphatic rings. The van der Waals surface area contributed by atoms with Crippen molar-refractivity contribution in [2.24, 2.45) is 5.84 Å². The first-order valence-corrected chi connectivity index (χ1v) is 7.48. The maximum atomic E-state index is 5.63. The molecule has 1 saturated heterocycles. The number of nitrogens with one attached hydrogen (secondary N) is 1. The van der Waals surface area contributed by atoms with Crippen LogP contribution in [0.1, 0.15) is 24.8 Å². The van der Waals surface area contributed by atoms with Crippen LogP contribution in [-0.4, -0.2) is 17.0 Å². The summed E-state index contributed by atoms with van der Waals surface area (Å²) in [4.78, 5) is 0. The Hall–Kier alpha value is -0.0300. The molecule has 0 saturated carbocycles. The quantitative estimate of drug-likeness (QED) is 0.615. The molecule has 84 valence electrons. The molecule has 2 heterocycles. The molecular formula is C11H18N2S2. The SMILES string of the molecule is NNC(CCc1ccsc1)C1CCCS1. The lowest BCUT2D eigenvalue weighted by Gasteiger charge is -2.21. The predicted octanol–water partition coefficient (Wildman–Crippen LogP) is 2.41. The second-order valence-electron chi connectivity index (χ2n) is 3.99. The van der Waals surface area contributed by atoms with Gasteiger partial charge in [-0.3, -0.25) is 11.3 Å². The van der Waals surface area contributed by atoms with Gasteiger partial charge in [-0.05, 0) is 53.8 Å². The highest BCUT2D eigenvalue weighted by Crippen LogP contribution is 2.30. The van der Waals surface area contributed by atoms with Crippen LogP contribution in [-0.2, 0) is 6.42 Å². The Morgan fingerprint density at radius 2 is 2.53 bits per heavy atom. The van der Waals surface area contributed by atoms with E-state index in [1.54, 1.807) is 11.3 Å². The van der Waals surface area contributed by atoms with Gasteiger partial charge >= 0.3 is 0 Å². The zero-order chi connectivity index (χ0) is 10.5. The fourth-order valence-electron chi connectivity index (χ4n) is 2.05. The van der Waals surface area contributed by atoms with E-state index in [9.17, 15) is 0 Å². The average molecular weight is 242 g/mol. The van der Waals surface area contributed by atoms with Gasteiger partial charge in [0.2, 0.25) is 0 Å². The molecule has 1 aromatic rings. The average Bonchev–Trinajstić information content (AvgIpc) is 2.90. The van der Waals surface area contributed by atoms with Crippen LogP contribution in [0.4, 0.5) is 0 Å². The van der Waals surface area contributed by atoms with Crippen molar-refractivity contribution in [3.05, 3.63) is 22.4 Å². The minimum absolute atomic E-state index is 0.484. The Bertz CT molecular complexity index is 268. The van der Waals surface area contributed by atoms with Crippen LogP contribution in [0.5, 0.6) is 0 Å². The van der Waals surface area contributed by atoms with Gasteiger partial charge in [0.1, 0.15) is 0 Å². The molecule has 2 unspecified atom stereocenters. The molecule has 1 aliphatic heterocycles. The van der Waals surface area contributed by atoms with Crippen molar-refractivity contribution in [3.8, 4) is 0 Å². The number of hydrazine groups is 1. The normalized spacial score (nSPS) is 23.1. The molecule has 1 aromatic heterocycles. The third-order valence-electron chi connectivity index (χ3n) is 2.95. The summed E-state index contributed by atoms with van der Waals surface area (Å²) >= 11 is 3.85. The van der Waals surface area contributed by atoms with E-state index in [-0.39, 0.29) is 0 Å². The van der Waals surface area contributed by atoms with Crippen molar-refractivity contribution in [2.45, 2.75) is 37.0 Å². The summed E-state index contributed by atoms with van der Waals surface area (Å²) in [5, 5.41) is 5.11. The van der Waals surface area contributed by atoms with E-state index in [0.29, 0.717) is 6.04 Å². The Labute approximate surface area is 99.6 Å². The molecule has 15 heavy (non-hydrogen) atoms. The molecule has 0 aromatic carbocycles. The van der Waals surface area contributed by atoms with Gasteiger partial charge in [0.05, 0.1) is 0 Å². The van der Waals surface area contributed by atoms with Gasteiger partial charge in [0.25, 0.3) is 0 Å². The maximum Gasteiger partial charge on any atom is 0.0332 e. The van der Waals surface area contributed by atoms with Gasteiger partial charge in [-0.15, -0.1) is 0 Å². The number of hydrogen-bond donors (Lipinski definition) is 2. The van der Waals surface area contributed by atoms with Gasteiger partial charge in [0.15, 0.2) is 0 Å². The van der Waals surface area contributed by atoms with Gasteiger partial charge in [-0.2, -0.15) is 23.1 Å². The van der Waals surface area contributed by atoms with Crippen LogP contribution >= 0.6 is 23.1 Å². The fraction of sp³-hybridized carbons (Fsp3) is 0.636. The topological polar surface area (TPSA) is 38.0 Å². The van der Waals surface area contributed by atoms with E-state index in [1.165, 1.54) is 24.2 Å². The minimum Gasteiger partial charge on any atom is -0.271 e. The van der Waals surface area contributed by atoms with Crippen LogP contribution < -0.4 is 11.3 Å². The van der Waals surface area contributed by atoms with Crippen molar-refractivity contribution in [1.29, 1.82) is 0 Å². The smallest absolute Gasteiger partial charge is 0.0332 e. The lowest BCUT2D eigenvalue weighted by molar-refractivity contribution is 0.469. The molecule has 0 aliphatic carbocycles. The summed E-state index contributed by atoms with van der Waals surface area (Å²) in [7, 11) is 0. The first-order valence-electron chi connectivity index (χ1n) is 5.49. The lowest BCUT2D eigenvalue weighted by atomic mass is 10.0. The lowest BCUT2D eigenvalue weighted by Crippen LogP contribution is -2.42. The number of rotatable bonds is 5. The van der Waals surface area contributed by atoms with Crippen LogP contribution in [0.3, 0.4) is 0 Å². The zero-order valence-corrected chi connectivity index (χ0v) is 10.4. The highest BCUT2D eigenvalue weighted by atomic mass is 32.2. The van der Waals surface area contributed by atoms with Crippen LogP contribution in [0, 0.1) is 0 Å². The standard InChI is InChI=1S/C11H18N2S2/c12-13-10(11-2-1-6-15-11)4-3-9-5-7-14-8-9/h5,7-8,10-11,13H,1-4,6,12H2. The number of nitrogens with two attached hydrogens (primary N) is 1. The third kappa shape index (κ3) is 3.21. The van der Waals surface area contributed by atoms with Crippen molar-refractivity contribution in [2.75, 3.05) is 5.75 Å². The van der Waals surface area contributed by atoms with E-state index in [1.807, 2.05) is 0 Å². The van der Waals surface area contributed by atoms with E-state index in [0.717, 1.165) is 18.1 Å². The van der Waals surface area contributed by atoms with E-state index < -0.39 is 0 Å². The summed E-state index contributed by atoms with van der Waals surface area (Å²) in [5.74, 6) is 6.94. The second-order valence-corrected chi connectivity index (χ2v) is 6.12. The molecule has 0 bridgehead atoms. The summed E-state index contributed by atoms with van der Waals surface area (Å²) in [5.41, 5.74) is 4.44. The highest BCUT2D eigenvalue weighted by molar-refractivity contribution is 8.00. The predicted molar refractivity (Wildman–Crippen MR) is 69.2 cm³/mol. The van der Waals surface area contributed by atoms with Gasteiger partial charge in [-0.1, -0.05) is 0 Å². The van der Waals surface area contributed by atoms with E-state index in [2.05, 4.69) is 34.0 Å². The van der Waals surface area contributed by atoms with Crippen LogP contribution in [0.15, 0.2) is 16.8 Å². The summed E-state index contributed by atoms with van der Waals surface area (Å²) < 4.78 is 0. The van der Waals surface area contributed by atoms with Crippen molar-refractivity contribution < 1.29 is 0 Å². The molecular weight excluding hydrogens is 224 g/mol. The Morgan fingerprint density at radius 1 is 1.60 bits per heavy atom.